The summed E-state index contributed by atoms with van der Waals surface area (Å²) in [4.78, 5) is 25.0. The average Bonchev–Trinajstić information content (AvgIpc) is 3.48. The summed E-state index contributed by atoms with van der Waals surface area (Å²) in [6.07, 6.45) is 1.13. The second-order valence-corrected chi connectivity index (χ2v) is 6.69. The molecule has 1 fully saturated rings. The Morgan fingerprint density at radius 3 is 2.37 bits per heavy atom. The number of methoxy groups -OCH3 is 1. The van der Waals surface area contributed by atoms with Gasteiger partial charge < -0.3 is 20.1 Å². The molecule has 0 spiro atoms. The molecule has 2 amide bonds. The summed E-state index contributed by atoms with van der Waals surface area (Å²) in [5.74, 6) is 0.960. The van der Waals surface area contributed by atoms with Crippen LogP contribution >= 0.6 is 0 Å². The van der Waals surface area contributed by atoms with Gasteiger partial charge in [-0.1, -0.05) is 12.1 Å². The third-order valence-corrected chi connectivity index (χ3v) is 4.61. The van der Waals surface area contributed by atoms with Crippen LogP contribution in [0.3, 0.4) is 0 Å². The normalized spacial score (nSPS) is 14.1. The van der Waals surface area contributed by atoms with Gasteiger partial charge in [0.15, 0.2) is 0 Å². The molecule has 0 bridgehead atoms. The molecule has 0 radical (unpaired) electrons. The minimum Gasteiger partial charge on any atom is -0.497 e. The number of carbonyl (C=O) groups excluding carboxylic acids is 2. The third-order valence-electron chi connectivity index (χ3n) is 4.61. The molecule has 3 rings (SSSR count). The summed E-state index contributed by atoms with van der Waals surface area (Å²) < 4.78 is 10.7. The van der Waals surface area contributed by atoms with Gasteiger partial charge in [-0.2, -0.15) is 0 Å². The van der Waals surface area contributed by atoms with Gasteiger partial charge in [-0.25, -0.2) is 0 Å². The van der Waals surface area contributed by atoms with Crippen LogP contribution in [0, 0.1) is 12.3 Å². The van der Waals surface area contributed by atoms with Crippen molar-refractivity contribution in [3.63, 3.8) is 0 Å². The monoisotopic (exact) mass is 368 g/mol. The molecule has 27 heavy (non-hydrogen) atoms. The second kappa shape index (κ2) is 8.12. The Kier molecular flexibility index (Phi) is 5.64. The lowest BCUT2D eigenvalue weighted by molar-refractivity contribution is -0.134. The molecule has 6 heteroatoms. The standard InChI is InChI=1S/C21H24N2O4/c1-15-4-3-5-16(14-15)23-20(25)21(10-11-21)19(24)22-12-13-27-18-8-6-17(26-2)7-9-18/h3-9,14H,10-13H2,1-2H3,(H,22,24)(H,23,25). The van der Waals surface area contributed by atoms with E-state index in [9.17, 15) is 9.59 Å². The van der Waals surface area contributed by atoms with E-state index in [0.29, 0.717) is 37.4 Å². The lowest BCUT2D eigenvalue weighted by Gasteiger charge is -2.16. The first-order valence-corrected chi connectivity index (χ1v) is 8.97. The van der Waals surface area contributed by atoms with Crippen LogP contribution in [0.5, 0.6) is 11.5 Å². The number of benzene rings is 2. The zero-order valence-corrected chi connectivity index (χ0v) is 15.6. The van der Waals surface area contributed by atoms with E-state index in [1.54, 1.807) is 19.2 Å². The Morgan fingerprint density at radius 1 is 1.04 bits per heavy atom. The number of amides is 2. The Labute approximate surface area is 158 Å². The van der Waals surface area contributed by atoms with Crippen molar-refractivity contribution in [2.75, 3.05) is 25.6 Å². The van der Waals surface area contributed by atoms with Gasteiger partial charge in [0.1, 0.15) is 23.5 Å². The molecule has 1 aliphatic carbocycles. The van der Waals surface area contributed by atoms with E-state index in [1.165, 1.54) is 0 Å². The zero-order chi connectivity index (χ0) is 19.3. The molecule has 1 saturated carbocycles. The molecular formula is C21H24N2O4. The van der Waals surface area contributed by atoms with Gasteiger partial charge >= 0.3 is 0 Å². The third kappa shape index (κ3) is 4.58. The number of carbonyl (C=O) groups is 2. The van der Waals surface area contributed by atoms with Crippen LogP contribution in [0.1, 0.15) is 18.4 Å². The topological polar surface area (TPSA) is 76.7 Å². The summed E-state index contributed by atoms with van der Waals surface area (Å²) in [7, 11) is 1.61. The highest BCUT2D eigenvalue weighted by atomic mass is 16.5. The Bertz CT molecular complexity index is 813. The highest BCUT2D eigenvalue weighted by Gasteiger charge is 2.56. The van der Waals surface area contributed by atoms with E-state index in [2.05, 4.69) is 10.6 Å². The molecule has 142 valence electrons. The maximum Gasteiger partial charge on any atom is 0.240 e. The maximum absolute atomic E-state index is 12.5. The fourth-order valence-electron chi connectivity index (χ4n) is 2.83. The molecular weight excluding hydrogens is 344 g/mol. The Balaban J connectivity index is 1.46. The highest BCUT2D eigenvalue weighted by Crippen LogP contribution is 2.46. The van der Waals surface area contributed by atoms with E-state index in [1.807, 2.05) is 43.3 Å². The average molecular weight is 368 g/mol. The van der Waals surface area contributed by atoms with Crippen molar-refractivity contribution in [3.05, 3.63) is 54.1 Å². The predicted octanol–water partition coefficient (Wildman–Crippen LogP) is 2.92. The first kappa shape index (κ1) is 18.8. The van der Waals surface area contributed by atoms with Crippen LogP contribution in [0.15, 0.2) is 48.5 Å². The molecule has 1 aliphatic rings. The number of aryl methyl sites for hydroxylation is 1. The van der Waals surface area contributed by atoms with Crippen molar-refractivity contribution >= 4 is 17.5 Å². The van der Waals surface area contributed by atoms with Gasteiger partial charge in [0, 0.05) is 5.69 Å². The lowest BCUT2D eigenvalue weighted by Crippen LogP contribution is -2.41. The first-order valence-electron chi connectivity index (χ1n) is 8.97. The van der Waals surface area contributed by atoms with Crippen molar-refractivity contribution in [2.45, 2.75) is 19.8 Å². The first-order chi connectivity index (χ1) is 13.0. The van der Waals surface area contributed by atoms with Crippen LogP contribution < -0.4 is 20.1 Å². The Hall–Kier alpha value is -3.02. The fourth-order valence-corrected chi connectivity index (χ4v) is 2.83. The molecule has 0 heterocycles. The molecule has 6 nitrogen and oxygen atoms in total. The minimum atomic E-state index is -0.955. The van der Waals surface area contributed by atoms with E-state index in [4.69, 9.17) is 9.47 Å². The van der Waals surface area contributed by atoms with Gasteiger partial charge in [0.05, 0.1) is 13.7 Å². The van der Waals surface area contributed by atoms with Gasteiger partial charge in [-0.15, -0.1) is 0 Å². The number of nitrogens with one attached hydrogen (secondary N) is 2. The molecule has 2 N–H and O–H groups in total. The van der Waals surface area contributed by atoms with Crippen LogP contribution in [0.4, 0.5) is 5.69 Å². The quantitative estimate of drug-likeness (QED) is 0.555. The molecule has 0 atom stereocenters. The minimum absolute atomic E-state index is 0.244. The Morgan fingerprint density at radius 2 is 1.74 bits per heavy atom. The summed E-state index contributed by atoms with van der Waals surface area (Å²) in [6, 6.07) is 14.8. The summed E-state index contributed by atoms with van der Waals surface area (Å²) in [5.41, 5.74) is 0.809. The molecule has 2 aromatic carbocycles. The van der Waals surface area contributed by atoms with E-state index >= 15 is 0 Å². The summed E-state index contributed by atoms with van der Waals surface area (Å²) in [5, 5.41) is 5.66. The van der Waals surface area contributed by atoms with Crippen molar-refractivity contribution in [1.29, 1.82) is 0 Å². The SMILES string of the molecule is COc1ccc(OCCNC(=O)C2(C(=O)Nc3cccc(C)c3)CC2)cc1. The van der Waals surface area contributed by atoms with Crippen molar-refractivity contribution in [3.8, 4) is 11.5 Å². The van der Waals surface area contributed by atoms with Crippen molar-refractivity contribution in [2.24, 2.45) is 5.41 Å². The van der Waals surface area contributed by atoms with E-state index in [0.717, 1.165) is 11.3 Å². The van der Waals surface area contributed by atoms with Gasteiger partial charge in [0.2, 0.25) is 11.8 Å². The number of hydrogen-bond donors (Lipinski definition) is 2. The van der Waals surface area contributed by atoms with Gasteiger partial charge in [-0.05, 0) is 61.7 Å². The molecule has 0 aliphatic heterocycles. The zero-order valence-electron chi connectivity index (χ0n) is 15.6. The smallest absolute Gasteiger partial charge is 0.240 e. The van der Waals surface area contributed by atoms with Gasteiger partial charge in [0.25, 0.3) is 0 Å². The number of hydrogen-bond acceptors (Lipinski definition) is 4. The summed E-state index contributed by atoms with van der Waals surface area (Å²) in [6.45, 7) is 2.62. The van der Waals surface area contributed by atoms with E-state index < -0.39 is 5.41 Å². The van der Waals surface area contributed by atoms with Crippen molar-refractivity contribution < 1.29 is 19.1 Å². The number of anilines is 1. The number of ether oxygens (including phenoxy) is 2. The molecule has 0 unspecified atom stereocenters. The largest absolute Gasteiger partial charge is 0.497 e. The van der Waals surface area contributed by atoms with Crippen molar-refractivity contribution in [1.82, 2.24) is 5.32 Å². The number of rotatable bonds is 8. The highest BCUT2D eigenvalue weighted by molar-refractivity contribution is 6.13. The summed E-state index contributed by atoms with van der Waals surface area (Å²) >= 11 is 0. The molecule has 0 aromatic heterocycles. The molecule has 2 aromatic rings. The van der Waals surface area contributed by atoms with Crippen LogP contribution in [-0.4, -0.2) is 32.1 Å². The predicted molar refractivity (Wildman–Crippen MR) is 103 cm³/mol. The van der Waals surface area contributed by atoms with E-state index in [-0.39, 0.29) is 11.8 Å². The van der Waals surface area contributed by atoms with Crippen LogP contribution in [-0.2, 0) is 9.59 Å². The van der Waals surface area contributed by atoms with Crippen LogP contribution in [0.2, 0.25) is 0 Å². The molecule has 0 saturated heterocycles. The maximum atomic E-state index is 12.5. The second-order valence-electron chi connectivity index (χ2n) is 6.69. The lowest BCUT2D eigenvalue weighted by atomic mass is 10.0. The van der Waals surface area contributed by atoms with Crippen LogP contribution in [0.25, 0.3) is 0 Å². The fraction of sp³-hybridized carbons (Fsp3) is 0.333. The van der Waals surface area contributed by atoms with Gasteiger partial charge in [-0.3, -0.25) is 9.59 Å².